The van der Waals surface area contributed by atoms with E-state index in [0.29, 0.717) is 22.2 Å². The van der Waals surface area contributed by atoms with Crippen LogP contribution in [-0.4, -0.2) is 31.1 Å². The lowest BCUT2D eigenvalue weighted by atomic mass is 10.0. The van der Waals surface area contributed by atoms with Crippen LogP contribution in [0.1, 0.15) is 15.9 Å². The number of halogens is 1. The molecule has 0 fully saturated rings. The summed E-state index contributed by atoms with van der Waals surface area (Å²) < 4.78 is 37.9. The number of carbonyl (C=O) groups is 1. The number of anilines is 1. The minimum Gasteiger partial charge on any atom is -0.505 e. The van der Waals surface area contributed by atoms with E-state index in [-0.39, 0.29) is 32.4 Å². The number of hydrogen-bond donors (Lipinski definition) is 3. The molecule has 3 N–H and O–H groups in total. The SMILES string of the molecule is COc1ccc(NC(=O)c2cc3ccccc3c(N=Nc3cc(S(=O)(=O)O)c(C)cc3Cl)c2O)cc1. The number of carbonyl (C=O) groups excluding carboxylic acids is 1. The fourth-order valence-electron chi connectivity index (χ4n) is 3.57. The molecular formula is C25H20ClN3O6S. The normalized spacial score (nSPS) is 11.7. The molecule has 1 amide bonds. The molecule has 0 bridgehead atoms. The Labute approximate surface area is 211 Å². The van der Waals surface area contributed by atoms with Gasteiger partial charge in [0.2, 0.25) is 0 Å². The number of aromatic hydroxyl groups is 1. The second-order valence-electron chi connectivity index (χ2n) is 7.77. The molecule has 0 spiro atoms. The highest BCUT2D eigenvalue weighted by Gasteiger charge is 2.20. The van der Waals surface area contributed by atoms with Crippen LogP contribution in [0.4, 0.5) is 17.1 Å². The van der Waals surface area contributed by atoms with E-state index in [1.54, 1.807) is 48.5 Å². The third kappa shape index (κ3) is 5.15. The van der Waals surface area contributed by atoms with Crippen molar-refractivity contribution in [3.63, 3.8) is 0 Å². The van der Waals surface area contributed by atoms with Crippen molar-refractivity contribution in [2.75, 3.05) is 12.4 Å². The van der Waals surface area contributed by atoms with E-state index in [9.17, 15) is 22.9 Å². The number of hydrogen-bond acceptors (Lipinski definition) is 7. The first-order chi connectivity index (χ1) is 17.1. The number of rotatable bonds is 6. The maximum absolute atomic E-state index is 13.0. The minimum atomic E-state index is -4.52. The number of benzene rings is 4. The summed E-state index contributed by atoms with van der Waals surface area (Å²) in [5.41, 5.74) is 0.601. The molecule has 0 aromatic heterocycles. The van der Waals surface area contributed by atoms with Gasteiger partial charge in [-0.3, -0.25) is 9.35 Å². The van der Waals surface area contributed by atoms with Crippen molar-refractivity contribution in [2.24, 2.45) is 10.2 Å². The molecule has 0 saturated heterocycles. The summed E-state index contributed by atoms with van der Waals surface area (Å²) in [4.78, 5) is 12.6. The van der Waals surface area contributed by atoms with Crippen LogP contribution in [0, 0.1) is 6.92 Å². The minimum absolute atomic E-state index is 0.0157. The lowest BCUT2D eigenvalue weighted by Gasteiger charge is -2.12. The summed E-state index contributed by atoms with van der Waals surface area (Å²) in [6.07, 6.45) is 0. The first kappa shape index (κ1) is 25.1. The Balaban J connectivity index is 1.78. The first-order valence-electron chi connectivity index (χ1n) is 10.5. The molecular weight excluding hydrogens is 506 g/mol. The van der Waals surface area contributed by atoms with Gasteiger partial charge in [0.05, 0.1) is 22.6 Å². The molecule has 4 rings (SSSR count). The summed E-state index contributed by atoms with van der Waals surface area (Å²) in [5.74, 6) is -0.389. The number of nitrogens with zero attached hydrogens (tertiary/aromatic N) is 2. The van der Waals surface area contributed by atoms with Crippen LogP contribution in [0.5, 0.6) is 11.5 Å². The van der Waals surface area contributed by atoms with Crippen LogP contribution < -0.4 is 10.1 Å². The van der Waals surface area contributed by atoms with Crippen molar-refractivity contribution in [2.45, 2.75) is 11.8 Å². The van der Waals surface area contributed by atoms with Gasteiger partial charge in [-0.25, -0.2) is 0 Å². The summed E-state index contributed by atoms with van der Waals surface area (Å²) in [7, 11) is -2.99. The Morgan fingerprint density at radius 3 is 2.39 bits per heavy atom. The Morgan fingerprint density at radius 1 is 1.03 bits per heavy atom. The predicted octanol–water partition coefficient (Wildman–Crippen LogP) is 6.43. The van der Waals surface area contributed by atoms with E-state index in [0.717, 1.165) is 6.07 Å². The van der Waals surface area contributed by atoms with Crippen molar-refractivity contribution in [1.82, 2.24) is 0 Å². The van der Waals surface area contributed by atoms with E-state index < -0.39 is 21.8 Å². The number of fused-ring (bicyclic) bond motifs is 1. The summed E-state index contributed by atoms with van der Waals surface area (Å²) in [6.45, 7) is 1.47. The van der Waals surface area contributed by atoms with Crippen molar-refractivity contribution >= 4 is 55.5 Å². The van der Waals surface area contributed by atoms with E-state index in [1.165, 1.54) is 26.2 Å². The highest BCUT2D eigenvalue weighted by atomic mass is 35.5. The van der Waals surface area contributed by atoms with Gasteiger partial charge < -0.3 is 15.2 Å². The molecule has 4 aromatic rings. The standard InChI is InChI=1S/C25H20ClN3O6S/c1-14-11-20(26)21(13-22(14)36(32,33)34)28-29-23-18-6-4-3-5-15(18)12-19(24(23)30)25(31)27-16-7-9-17(35-2)10-8-16/h3-13,30H,1-2H3,(H,27,31)(H,32,33,34). The number of phenols is 1. The molecule has 0 radical (unpaired) electrons. The van der Waals surface area contributed by atoms with Crippen molar-refractivity contribution in [3.05, 3.63) is 82.9 Å². The van der Waals surface area contributed by atoms with Crippen LogP contribution >= 0.6 is 11.6 Å². The third-order valence-corrected chi connectivity index (χ3v) is 6.67. The fraction of sp³-hybridized carbons (Fsp3) is 0.0800. The van der Waals surface area contributed by atoms with Gasteiger partial charge >= 0.3 is 0 Å². The summed E-state index contributed by atoms with van der Waals surface area (Å²) >= 11 is 6.20. The molecule has 0 aliphatic rings. The lowest BCUT2D eigenvalue weighted by Crippen LogP contribution is -2.12. The smallest absolute Gasteiger partial charge is 0.294 e. The monoisotopic (exact) mass is 525 g/mol. The molecule has 36 heavy (non-hydrogen) atoms. The molecule has 9 nitrogen and oxygen atoms in total. The summed E-state index contributed by atoms with van der Waals surface area (Å²) in [5, 5.41) is 23.0. The molecule has 0 aliphatic heterocycles. The topological polar surface area (TPSA) is 138 Å². The number of amides is 1. The van der Waals surface area contributed by atoms with Gasteiger partial charge in [-0.2, -0.15) is 8.42 Å². The first-order valence-corrected chi connectivity index (χ1v) is 12.3. The van der Waals surface area contributed by atoms with Crippen molar-refractivity contribution < 1.29 is 27.6 Å². The molecule has 0 aliphatic carbocycles. The molecule has 0 unspecified atom stereocenters. The largest absolute Gasteiger partial charge is 0.505 e. The predicted molar refractivity (Wildman–Crippen MR) is 137 cm³/mol. The maximum atomic E-state index is 13.0. The number of nitrogens with one attached hydrogen (secondary N) is 1. The molecule has 0 saturated carbocycles. The number of azo groups is 1. The molecule has 0 heterocycles. The van der Waals surface area contributed by atoms with Crippen LogP contribution in [0.15, 0.2) is 81.9 Å². The van der Waals surface area contributed by atoms with Crippen molar-refractivity contribution in [3.8, 4) is 11.5 Å². The van der Waals surface area contributed by atoms with Crippen LogP contribution in [-0.2, 0) is 10.1 Å². The average molecular weight is 526 g/mol. The van der Waals surface area contributed by atoms with E-state index >= 15 is 0 Å². The Hall–Kier alpha value is -3.99. The molecule has 4 aromatic carbocycles. The van der Waals surface area contributed by atoms with E-state index in [1.807, 2.05) is 0 Å². The second-order valence-corrected chi connectivity index (χ2v) is 9.57. The molecule has 11 heteroatoms. The van der Waals surface area contributed by atoms with Crippen LogP contribution in [0.2, 0.25) is 5.02 Å². The quantitative estimate of drug-likeness (QED) is 0.196. The molecule has 184 valence electrons. The lowest BCUT2D eigenvalue weighted by molar-refractivity contribution is 0.102. The van der Waals surface area contributed by atoms with Gasteiger partial charge in [-0.15, -0.1) is 10.2 Å². The van der Waals surface area contributed by atoms with Gasteiger partial charge in [0, 0.05) is 11.1 Å². The van der Waals surface area contributed by atoms with E-state index in [2.05, 4.69) is 15.5 Å². The van der Waals surface area contributed by atoms with Gasteiger partial charge in [-0.1, -0.05) is 35.9 Å². The van der Waals surface area contributed by atoms with Gasteiger partial charge in [0.25, 0.3) is 16.0 Å². The Morgan fingerprint density at radius 2 is 1.72 bits per heavy atom. The zero-order valence-corrected chi connectivity index (χ0v) is 20.6. The van der Waals surface area contributed by atoms with Crippen molar-refractivity contribution in [1.29, 1.82) is 0 Å². The van der Waals surface area contributed by atoms with Gasteiger partial charge in [-0.05, 0) is 60.3 Å². The van der Waals surface area contributed by atoms with Gasteiger partial charge in [0.15, 0.2) is 5.75 Å². The number of methoxy groups -OCH3 is 1. The zero-order chi connectivity index (χ0) is 26.0. The van der Waals surface area contributed by atoms with Gasteiger partial charge in [0.1, 0.15) is 17.1 Å². The maximum Gasteiger partial charge on any atom is 0.294 e. The Kier molecular flexibility index (Phi) is 6.93. The van der Waals surface area contributed by atoms with E-state index in [4.69, 9.17) is 16.3 Å². The van der Waals surface area contributed by atoms with Crippen LogP contribution in [0.25, 0.3) is 10.8 Å². The number of phenolic OH excluding ortho intramolecular Hbond substituents is 1. The molecule has 0 atom stereocenters. The number of ether oxygens (including phenoxy) is 1. The summed E-state index contributed by atoms with van der Waals surface area (Å²) in [6, 6.07) is 17.5. The highest BCUT2D eigenvalue weighted by Crippen LogP contribution is 2.40. The zero-order valence-electron chi connectivity index (χ0n) is 19.1. The number of aryl methyl sites for hydroxylation is 1. The average Bonchev–Trinajstić information content (AvgIpc) is 2.83. The Bertz CT molecular complexity index is 1620. The third-order valence-electron chi connectivity index (χ3n) is 5.37. The van der Waals surface area contributed by atoms with Crippen LogP contribution in [0.3, 0.4) is 0 Å². The fourth-order valence-corrected chi connectivity index (χ4v) is 4.55. The second kappa shape index (κ2) is 9.94. The highest BCUT2D eigenvalue weighted by molar-refractivity contribution is 7.85.